The third kappa shape index (κ3) is 3.68. The van der Waals surface area contributed by atoms with Crippen molar-refractivity contribution in [3.63, 3.8) is 0 Å². The summed E-state index contributed by atoms with van der Waals surface area (Å²) in [5, 5.41) is 0.958. The molecule has 19 heavy (non-hydrogen) atoms. The second kappa shape index (κ2) is 6.68. The van der Waals surface area contributed by atoms with Crippen LogP contribution in [-0.4, -0.2) is 59.3 Å². The molecule has 4 nitrogen and oxygen atoms in total. The minimum atomic E-state index is 0.135. The summed E-state index contributed by atoms with van der Waals surface area (Å²) in [5.41, 5.74) is 0.856. The molecule has 1 amide bonds. The fraction of sp³-hybridized carbons (Fsp3) is 0.692. The molecule has 1 aliphatic rings. The van der Waals surface area contributed by atoms with Crippen molar-refractivity contribution in [2.45, 2.75) is 20.3 Å². The summed E-state index contributed by atoms with van der Waals surface area (Å²) < 4.78 is 0. The first-order valence-electron chi connectivity index (χ1n) is 6.63. The number of hydrogen-bond donors (Lipinski definition) is 0. The lowest BCUT2D eigenvalue weighted by Gasteiger charge is -2.21. The second-order valence-electron chi connectivity index (χ2n) is 4.82. The van der Waals surface area contributed by atoms with E-state index >= 15 is 0 Å². The van der Waals surface area contributed by atoms with Gasteiger partial charge in [0.05, 0.1) is 10.7 Å². The van der Waals surface area contributed by atoms with E-state index in [1.54, 1.807) is 0 Å². The van der Waals surface area contributed by atoms with E-state index in [0.717, 1.165) is 54.7 Å². The van der Waals surface area contributed by atoms with Crippen molar-refractivity contribution in [2.75, 3.05) is 38.6 Å². The van der Waals surface area contributed by atoms with Crippen molar-refractivity contribution in [3.8, 4) is 0 Å². The van der Waals surface area contributed by atoms with Gasteiger partial charge >= 0.3 is 0 Å². The molecule has 106 valence electrons. The van der Waals surface area contributed by atoms with Crippen LogP contribution in [0.25, 0.3) is 0 Å². The maximum absolute atomic E-state index is 12.5. The SMILES string of the molecule is Cc1nc(C)c(C(=O)N2CCCN(CCCl)CC2)s1. The number of aromatic nitrogens is 1. The summed E-state index contributed by atoms with van der Waals surface area (Å²) >= 11 is 7.27. The fourth-order valence-electron chi connectivity index (χ4n) is 2.39. The molecular formula is C13H20ClN3OS. The molecule has 0 spiro atoms. The largest absolute Gasteiger partial charge is 0.337 e. The van der Waals surface area contributed by atoms with E-state index in [4.69, 9.17) is 11.6 Å². The number of hydrogen-bond acceptors (Lipinski definition) is 4. The number of rotatable bonds is 3. The van der Waals surface area contributed by atoms with Crippen LogP contribution in [0.4, 0.5) is 0 Å². The molecule has 0 aromatic carbocycles. The van der Waals surface area contributed by atoms with Crippen LogP contribution in [0.5, 0.6) is 0 Å². The van der Waals surface area contributed by atoms with Crippen molar-refractivity contribution in [3.05, 3.63) is 15.6 Å². The molecule has 1 aromatic rings. The number of alkyl halides is 1. The summed E-state index contributed by atoms with van der Waals surface area (Å²) in [6.45, 7) is 8.31. The Morgan fingerprint density at radius 1 is 1.32 bits per heavy atom. The van der Waals surface area contributed by atoms with Crippen molar-refractivity contribution in [1.29, 1.82) is 0 Å². The molecule has 1 aliphatic heterocycles. The van der Waals surface area contributed by atoms with Gasteiger partial charge in [0.25, 0.3) is 5.91 Å². The number of amides is 1. The first-order valence-corrected chi connectivity index (χ1v) is 7.98. The van der Waals surface area contributed by atoms with Crippen LogP contribution in [0.3, 0.4) is 0 Å². The van der Waals surface area contributed by atoms with Crippen LogP contribution in [-0.2, 0) is 0 Å². The zero-order valence-corrected chi connectivity index (χ0v) is 13.1. The Balaban J connectivity index is 2.02. The zero-order chi connectivity index (χ0) is 13.8. The number of aryl methyl sites for hydroxylation is 2. The highest BCUT2D eigenvalue weighted by Gasteiger charge is 2.23. The predicted molar refractivity (Wildman–Crippen MR) is 79.3 cm³/mol. The van der Waals surface area contributed by atoms with E-state index in [9.17, 15) is 4.79 Å². The Kier molecular flexibility index (Phi) is 5.19. The zero-order valence-electron chi connectivity index (χ0n) is 11.5. The molecule has 0 aliphatic carbocycles. The highest BCUT2D eigenvalue weighted by molar-refractivity contribution is 7.13. The summed E-state index contributed by atoms with van der Waals surface area (Å²) in [5.74, 6) is 0.789. The van der Waals surface area contributed by atoms with E-state index in [1.165, 1.54) is 11.3 Å². The second-order valence-corrected chi connectivity index (χ2v) is 6.40. The van der Waals surface area contributed by atoms with Gasteiger partial charge in [0.1, 0.15) is 4.88 Å². The molecule has 0 N–H and O–H groups in total. The Morgan fingerprint density at radius 3 is 2.74 bits per heavy atom. The molecule has 1 fully saturated rings. The molecule has 0 saturated carbocycles. The Morgan fingerprint density at radius 2 is 2.11 bits per heavy atom. The Bertz CT molecular complexity index is 449. The summed E-state index contributed by atoms with van der Waals surface area (Å²) in [7, 11) is 0. The molecule has 1 aromatic heterocycles. The molecule has 6 heteroatoms. The number of halogens is 1. The van der Waals surface area contributed by atoms with E-state index in [0.29, 0.717) is 5.88 Å². The Hall–Kier alpha value is -0.650. The van der Waals surface area contributed by atoms with Crippen molar-refractivity contribution >= 4 is 28.8 Å². The minimum absolute atomic E-state index is 0.135. The molecule has 2 heterocycles. The highest BCUT2D eigenvalue weighted by Crippen LogP contribution is 2.20. The van der Waals surface area contributed by atoms with Gasteiger partial charge in [0.15, 0.2) is 0 Å². The van der Waals surface area contributed by atoms with Crippen molar-refractivity contribution in [2.24, 2.45) is 0 Å². The van der Waals surface area contributed by atoms with E-state index in [2.05, 4.69) is 9.88 Å². The molecule has 0 atom stereocenters. The summed E-state index contributed by atoms with van der Waals surface area (Å²) in [6.07, 6.45) is 1.01. The average molecular weight is 302 g/mol. The van der Waals surface area contributed by atoms with Gasteiger partial charge in [-0.25, -0.2) is 4.98 Å². The lowest BCUT2D eigenvalue weighted by Crippen LogP contribution is -2.35. The van der Waals surface area contributed by atoms with Gasteiger partial charge in [-0.05, 0) is 26.8 Å². The topological polar surface area (TPSA) is 36.4 Å². The van der Waals surface area contributed by atoms with E-state index in [-0.39, 0.29) is 5.91 Å². The molecule has 0 radical (unpaired) electrons. The molecule has 0 unspecified atom stereocenters. The highest BCUT2D eigenvalue weighted by atomic mass is 35.5. The first-order chi connectivity index (χ1) is 9.11. The van der Waals surface area contributed by atoms with Crippen LogP contribution in [0.15, 0.2) is 0 Å². The molecule has 0 bridgehead atoms. The van der Waals surface area contributed by atoms with Gasteiger partial charge in [0, 0.05) is 32.1 Å². The van der Waals surface area contributed by atoms with Gasteiger partial charge in [-0.1, -0.05) is 0 Å². The molecule has 1 saturated heterocycles. The van der Waals surface area contributed by atoms with Crippen LogP contribution >= 0.6 is 22.9 Å². The fourth-order valence-corrected chi connectivity index (χ4v) is 3.52. The van der Waals surface area contributed by atoms with Crippen molar-refractivity contribution < 1.29 is 4.79 Å². The van der Waals surface area contributed by atoms with E-state index < -0.39 is 0 Å². The normalized spacial score (nSPS) is 17.5. The number of carbonyl (C=O) groups is 1. The van der Waals surface area contributed by atoms with Gasteiger partial charge in [-0.2, -0.15) is 0 Å². The van der Waals surface area contributed by atoms with Crippen LogP contribution in [0.2, 0.25) is 0 Å². The lowest BCUT2D eigenvalue weighted by molar-refractivity contribution is 0.0765. The quantitative estimate of drug-likeness (QED) is 0.803. The minimum Gasteiger partial charge on any atom is -0.337 e. The van der Waals surface area contributed by atoms with Crippen LogP contribution in [0.1, 0.15) is 26.8 Å². The first kappa shape index (κ1) is 14.8. The predicted octanol–water partition coefficient (Wildman–Crippen LogP) is 2.15. The average Bonchev–Trinajstić information content (AvgIpc) is 2.59. The molecule has 2 rings (SSSR count). The monoisotopic (exact) mass is 301 g/mol. The third-order valence-electron chi connectivity index (χ3n) is 3.37. The molecular weight excluding hydrogens is 282 g/mol. The summed E-state index contributed by atoms with van der Waals surface area (Å²) in [6, 6.07) is 0. The smallest absolute Gasteiger partial charge is 0.265 e. The number of nitrogens with zero attached hydrogens (tertiary/aromatic N) is 3. The maximum Gasteiger partial charge on any atom is 0.265 e. The maximum atomic E-state index is 12.5. The van der Waals surface area contributed by atoms with Gasteiger partial charge in [0.2, 0.25) is 0 Å². The lowest BCUT2D eigenvalue weighted by atomic mass is 10.3. The third-order valence-corrected chi connectivity index (χ3v) is 4.60. The van der Waals surface area contributed by atoms with Crippen molar-refractivity contribution in [1.82, 2.24) is 14.8 Å². The van der Waals surface area contributed by atoms with Gasteiger partial charge < -0.3 is 9.80 Å². The van der Waals surface area contributed by atoms with Crippen LogP contribution < -0.4 is 0 Å². The Labute approximate surface area is 123 Å². The number of carbonyl (C=O) groups excluding carboxylic acids is 1. The van der Waals surface area contributed by atoms with E-state index in [1.807, 2.05) is 18.7 Å². The van der Waals surface area contributed by atoms with Gasteiger partial charge in [-0.15, -0.1) is 22.9 Å². The summed E-state index contributed by atoms with van der Waals surface area (Å²) in [4.78, 5) is 21.9. The number of thiazole rings is 1. The standard InChI is InChI=1S/C13H20ClN3OS/c1-10-12(19-11(2)15-10)13(18)17-6-3-5-16(7-4-14)8-9-17/h3-9H2,1-2H3. The van der Waals surface area contributed by atoms with Gasteiger partial charge in [-0.3, -0.25) is 4.79 Å². The van der Waals surface area contributed by atoms with Crippen LogP contribution in [0, 0.1) is 13.8 Å².